The minimum Gasteiger partial charge on any atom is -0.488 e. The molecule has 4 heteroatoms. The first-order valence-electron chi connectivity index (χ1n) is 6.87. The lowest BCUT2D eigenvalue weighted by Gasteiger charge is -2.25. The minimum absolute atomic E-state index is 0.0144. The molecule has 1 aromatic rings. The van der Waals surface area contributed by atoms with Gasteiger partial charge in [-0.15, -0.1) is 0 Å². The minimum atomic E-state index is 0.0144. The molecule has 2 rings (SSSR count). The van der Waals surface area contributed by atoms with Crippen LogP contribution in [0, 0.1) is 0 Å². The largest absolute Gasteiger partial charge is 0.488 e. The molecular weight excluding hydrogens is 228 g/mol. The Labute approximate surface area is 108 Å². The fourth-order valence-electron chi connectivity index (χ4n) is 2.30. The molecule has 0 bridgehead atoms. The van der Waals surface area contributed by atoms with Gasteiger partial charge in [-0.3, -0.25) is 4.79 Å². The lowest BCUT2D eigenvalue weighted by molar-refractivity contribution is 0.294. The molecule has 1 N–H and O–H groups in total. The monoisotopic (exact) mass is 250 g/mol. The highest BCUT2D eigenvalue weighted by Gasteiger charge is 2.17. The number of nitrogens with zero attached hydrogens (tertiary/aromatic N) is 1. The third-order valence-corrected chi connectivity index (χ3v) is 3.40. The summed E-state index contributed by atoms with van der Waals surface area (Å²) in [5, 5.41) is 3.31. The van der Waals surface area contributed by atoms with Gasteiger partial charge in [-0.1, -0.05) is 13.3 Å². The zero-order valence-electron chi connectivity index (χ0n) is 11.0. The summed E-state index contributed by atoms with van der Waals surface area (Å²) in [6.45, 7) is 4.71. The molecule has 0 spiro atoms. The molecule has 1 aliphatic rings. The van der Waals surface area contributed by atoms with E-state index in [4.69, 9.17) is 4.74 Å². The van der Waals surface area contributed by atoms with E-state index in [1.165, 1.54) is 0 Å². The maximum absolute atomic E-state index is 12.3. The number of ether oxygens (including phenoxy) is 1. The molecule has 0 saturated carbocycles. The zero-order chi connectivity index (χ0) is 12.8. The van der Waals surface area contributed by atoms with Gasteiger partial charge >= 0.3 is 0 Å². The van der Waals surface area contributed by atoms with Crippen LogP contribution in [0.2, 0.25) is 0 Å². The Kier molecular flexibility index (Phi) is 4.81. The van der Waals surface area contributed by atoms with Crippen LogP contribution in [0.15, 0.2) is 23.1 Å². The van der Waals surface area contributed by atoms with Crippen LogP contribution in [0.1, 0.15) is 38.6 Å². The predicted octanol–water partition coefficient (Wildman–Crippen LogP) is 1.95. The molecule has 100 valence electrons. The Morgan fingerprint density at radius 3 is 2.94 bits per heavy atom. The van der Waals surface area contributed by atoms with Gasteiger partial charge in [0.1, 0.15) is 0 Å². The van der Waals surface area contributed by atoms with Gasteiger partial charge in [0.05, 0.1) is 6.61 Å². The summed E-state index contributed by atoms with van der Waals surface area (Å²) in [4.78, 5) is 12.3. The van der Waals surface area contributed by atoms with Crippen molar-refractivity contribution in [3.8, 4) is 5.75 Å². The summed E-state index contributed by atoms with van der Waals surface area (Å²) in [5.74, 6) is 0.490. The molecule has 1 aromatic heterocycles. The molecule has 0 radical (unpaired) electrons. The van der Waals surface area contributed by atoms with Crippen LogP contribution >= 0.6 is 0 Å². The van der Waals surface area contributed by atoms with Crippen LogP contribution in [0.3, 0.4) is 0 Å². The SMILES string of the molecule is CCCCOc1cccn(C2CCNCC2)c1=O. The van der Waals surface area contributed by atoms with E-state index >= 15 is 0 Å². The Morgan fingerprint density at radius 2 is 2.22 bits per heavy atom. The van der Waals surface area contributed by atoms with Gasteiger partial charge in [-0.25, -0.2) is 0 Å². The highest BCUT2D eigenvalue weighted by molar-refractivity contribution is 5.17. The molecule has 4 nitrogen and oxygen atoms in total. The van der Waals surface area contributed by atoms with E-state index in [2.05, 4.69) is 12.2 Å². The van der Waals surface area contributed by atoms with Crippen LogP contribution in [0.5, 0.6) is 5.75 Å². The van der Waals surface area contributed by atoms with E-state index in [9.17, 15) is 4.79 Å². The van der Waals surface area contributed by atoms with Crippen molar-refractivity contribution < 1.29 is 4.74 Å². The van der Waals surface area contributed by atoms with Gasteiger partial charge in [-0.2, -0.15) is 0 Å². The first kappa shape index (κ1) is 13.1. The van der Waals surface area contributed by atoms with Gasteiger partial charge in [0.2, 0.25) is 0 Å². The number of pyridine rings is 1. The van der Waals surface area contributed by atoms with Crippen molar-refractivity contribution in [2.24, 2.45) is 0 Å². The molecule has 0 unspecified atom stereocenters. The van der Waals surface area contributed by atoms with Gasteiger partial charge < -0.3 is 14.6 Å². The van der Waals surface area contributed by atoms with Crippen molar-refractivity contribution in [3.63, 3.8) is 0 Å². The number of piperidine rings is 1. The summed E-state index contributed by atoms with van der Waals surface area (Å²) in [6, 6.07) is 3.99. The maximum Gasteiger partial charge on any atom is 0.293 e. The summed E-state index contributed by atoms with van der Waals surface area (Å²) < 4.78 is 7.40. The third kappa shape index (κ3) is 3.13. The van der Waals surface area contributed by atoms with E-state index in [-0.39, 0.29) is 5.56 Å². The number of rotatable bonds is 5. The average molecular weight is 250 g/mol. The van der Waals surface area contributed by atoms with Gasteiger partial charge in [-0.05, 0) is 44.5 Å². The predicted molar refractivity (Wildman–Crippen MR) is 72.2 cm³/mol. The quantitative estimate of drug-likeness (QED) is 0.812. The van der Waals surface area contributed by atoms with Crippen molar-refractivity contribution in [2.45, 2.75) is 38.6 Å². The second-order valence-corrected chi connectivity index (χ2v) is 4.77. The fourth-order valence-corrected chi connectivity index (χ4v) is 2.30. The van der Waals surface area contributed by atoms with E-state index in [0.717, 1.165) is 38.8 Å². The first-order chi connectivity index (χ1) is 8.83. The number of unbranched alkanes of at least 4 members (excludes halogenated alkanes) is 1. The van der Waals surface area contributed by atoms with Crippen LogP contribution < -0.4 is 15.6 Å². The van der Waals surface area contributed by atoms with Crippen molar-refractivity contribution in [2.75, 3.05) is 19.7 Å². The normalized spacial score (nSPS) is 16.7. The van der Waals surface area contributed by atoms with E-state index in [1.54, 1.807) is 6.07 Å². The summed E-state index contributed by atoms with van der Waals surface area (Å²) in [5.41, 5.74) is 0.0144. The smallest absolute Gasteiger partial charge is 0.293 e. The molecule has 2 heterocycles. The van der Waals surface area contributed by atoms with Crippen LogP contribution in [-0.2, 0) is 0 Å². The van der Waals surface area contributed by atoms with Crippen LogP contribution in [-0.4, -0.2) is 24.3 Å². The Morgan fingerprint density at radius 1 is 1.44 bits per heavy atom. The third-order valence-electron chi connectivity index (χ3n) is 3.40. The second kappa shape index (κ2) is 6.59. The number of hydrogen-bond donors (Lipinski definition) is 1. The van der Waals surface area contributed by atoms with Crippen molar-refractivity contribution in [3.05, 3.63) is 28.7 Å². The van der Waals surface area contributed by atoms with Gasteiger partial charge in [0.25, 0.3) is 5.56 Å². The first-order valence-corrected chi connectivity index (χ1v) is 6.87. The highest BCUT2D eigenvalue weighted by Crippen LogP contribution is 2.17. The molecule has 0 aliphatic carbocycles. The zero-order valence-corrected chi connectivity index (χ0v) is 11.0. The molecule has 1 saturated heterocycles. The standard InChI is InChI=1S/C14H22N2O2/c1-2-3-11-18-13-5-4-10-16(14(13)17)12-6-8-15-9-7-12/h4-5,10,12,15H,2-3,6-9,11H2,1H3. The highest BCUT2D eigenvalue weighted by atomic mass is 16.5. The summed E-state index contributed by atoms with van der Waals surface area (Å²) >= 11 is 0. The van der Waals surface area contributed by atoms with Crippen molar-refractivity contribution in [1.82, 2.24) is 9.88 Å². The van der Waals surface area contributed by atoms with E-state index < -0.39 is 0 Å². The molecule has 1 fully saturated rings. The number of nitrogens with one attached hydrogen (secondary N) is 1. The van der Waals surface area contributed by atoms with E-state index in [1.807, 2.05) is 16.8 Å². The number of aromatic nitrogens is 1. The lowest BCUT2D eigenvalue weighted by Crippen LogP contribution is -2.34. The van der Waals surface area contributed by atoms with Crippen LogP contribution in [0.4, 0.5) is 0 Å². The lowest BCUT2D eigenvalue weighted by atomic mass is 10.1. The molecule has 0 atom stereocenters. The summed E-state index contributed by atoms with van der Waals surface area (Å²) in [7, 11) is 0. The van der Waals surface area contributed by atoms with Gasteiger partial charge in [0, 0.05) is 12.2 Å². The Hall–Kier alpha value is -1.29. The van der Waals surface area contributed by atoms with Gasteiger partial charge in [0.15, 0.2) is 5.75 Å². The Balaban J connectivity index is 2.11. The maximum atomic E-state index is 12.3. The second-order valence-electron chi connectivity index (χ2n) is 4.77. The fraction of sp³-hybridized carbons (Fsp3) is 0.643. The Bertz CT molecular complexity index is 422. The number of hydrogen-bond acceptors (Lipinski definition) is 3. The molecule has 18 heavy (non-hydrogen) atoms. The van der Waals surface area contributed by atoms with Crippen molar-refractivity contribution >= 4 is 0 Å². The molecule has 0 amide bonds. The molecule has 1 aliphatic heterocycles. The molecule has 0 aromatic carbocycles. The molecular formula is C14H22N2O2. The summed E-state index contributed by atoms with van der Waals surface area (Å²) in [6.07, 6.45) is 5.97. The topological polar surface area (TPSA) is 43.3 Å². The van der Waals surface area contributed by atoms with Crippen LogP contribution in [0.25, 0.3) is 0 Å². The van der Waals surface area contributed by atoms with Crippen molar-refractivity contribution in [1.29, 1.82) is 0 Å². The van der Waals surface area contributed by atoms with E-state index in [0.29, 0.717) is 18.4 Å². The average Bonchev–Trinajstić information content (AvgIpc) is 2.42.